The van der Waals surface area contributed by atoms with Gasteiger partial charge in [0.15, 0.2) is 0 Å². The van der Waals surface area contributed by atoms with Gasteiger partial charge >= 0.3 is 5.97 Å². The fourth-order valence-corrected chi connectivity index (χ4v) is 4.79. The van der Waals surface area contributed by atoms with Gasteiger partial charge in [0.2, 0.25) is 0 Å². The molecule has 2 saturated carbocycles. The number of unbranched alkanes of at least 4 members (excludes halogenated alkanes) is 1. The van der Waals surface area contributed by atoms with E-state index < -0.39 is 0 Å². The maximum absolute atomic E-state index is 12.4. The van der Waals surface area contributed by atoms with Gasteiger partial charge in [0, 0.05) is 0 Å². The Morgan fingerprint density at radius 2 is 1.57 bits per heavy atom. The van der Waals surface area contributed by atoms with E-state index in [9.17, 15) is 4.79 Å². The highest BCUT2D eigenvalue weighted by molar-refractivity contribution is 5.76. The summed E-state index contributed by atoms with van der Waals surface area (Å²) in [6, 6.07) is 0. The number of ether oxygens (including phenoxy) is 1. The molecule has 0 atom stereocenters. The molecule has 2 rings (SSSR count). The molecule has 0 unspecified atom stereocenters. The Balaban J connectivity index is 1.74. The molecule has 0 heterocycles. The van der Waals surface area contributed by atoms with Crippen LogP contribution < -0.4 is 0 Å². The monoisotopic (exact) mass is 322 g/mol. The second-order valence-corrected chi connectivity index (χ2v) is 8.46. The normalized spacial score (nSPS) is 35.0. The highest BCUT2D eigenvalue weighted by Crippen LogP contribution is 2.46. The minimum atomic E-state index is -0.205. The highest BCUT2D eigenvalue weighted by atomic mass is 16.5. The maximum Gasteiger partial charge on any atom is 0.311 e. The molecule has 23 heavy (non-hydrogen) atoms. The fourth-order valence-electron chi connectivity index (χ4n) is 4.79. The minimum Gasteiger partial charge on any atom is -0.465 e. The van der Waals surface area contributed by atoms with Crippen molar-refractivity contribution in [2.24, 2.45) is 23.2 Å². The van der Waals surface area contributed by atoms with Gasteiger partial charge in [-0.2, -0.15) is 0 Å². The second-order valence-electron chi connectivity index (χ2n) is 8.46. The minimum absolute atomic E-state index is 0.0658. The molecule has 2 fully saturated rings. The van der Waals surface area contributed by atoms with Crippen LogP contribution in [0.5, 0.6) is 0 Å². The lowest BCUT2D eigenvalue weighted by molar-refractivity contribution is -0.158. The number of hydrogen-bond acceptors (Lipinski definition) is 2. The molecule has 0 amide bonds. The standard InChI is InChI=1S/C21H38O2/c1-4-6-16-23-20(22)21(3)14-12-19(13-15-21)18-10-8-17(7-5-2)9-11-18/h17-19H,4-16H2,1-3H3. The Morgan fingerprint density at radius 3 is 2.13 bits per heavy atom. The third kappa shape index (κ3) is 5.22. The number of hydrogen-bond donors (Lipinski definition) is 0. The Hall–Kier alpha value is -0.530. The van der Waals surface area contributed by atoms with Gasteiger partial charge in [0.1, 0.15) is 0 Å². The zero-order valence-electron chi connectivity index (χ0n) is 15.7. The largest absolute Gasteiger partial charge is 0.465 e. The van der Waals surface area contributed by atoms with Crippen LogP contribution in [-0.2, 0) is 9.53 Å². The van der Waals surface area contributed by atoms with Crippen LogP contribution >= 0.6 is 0 Å². The molecule has 2 aliphatic carbocycles. The Labute approximate surface area is 143 Å². The lowest BCUT2D eigenvalue weighted by atomic mass is 9.65. The van der Waals surface area contributed by atoms with Crippen LogP contribution in [0.3, 0.4) is 0 Å². The van der Waals surface area contributed by atoms with Crippen LogP contribution in [0.25, 0.3) is 0 Å². The molecule has 134 valence electrons. The van der Waals surface area contributed by atoms with Gasteiger partial charge in [0.25, 0.3) is 0 Å². The predicted octanol–water partition coefficient (Wildman–Crippen LogP) is 6.13. The topological polar surface area (TPSA) is 26.3 Å². The third-order valence-electron chi connectivity index (χ3n) is 6.61. The Bertz CT molecular complexity index is 347. The van der Waals surface area contributed by atoms with Crippen molar-refractivity contribution in [3.63, 3.8) is 0 Å². The van der Waals surface area contributed by atoms with E-state index in [0.29, 0.717) is 6.61 Å². The molecule has 0 spiro atoms. The lowest BCUT2D eigenvalue weighted by Crippen LogP contribution is -2.36. The molecule has 0 radical (unpaired) electrons. The zero-order valence-corrected chi connectivity index (χ0v) is 15.7. The molecule has 0 bridgehead atoms. The molecule has 0 N–H and O–H groups in total. The van der Waals surface area contributed by atoms with Crippen molar-refractivity contribution in [2.75, 3.05) is 6.61 Å². The van der Waals surface area contributed by atoms with Crippen LogP contribution in [0, 0.1) is 23.2 Å². The Kier molecular flexibility index (Phi) is 7.43. The quantitative estimate of drug-likeness (QED) is 0.416. The predicted molar refractivity (Wildman–Crippen MR) is 96.3 cm³/mol. The van der Waals surface area contributed by atoms with E-state index in [1.807, 2.05) is 0 Å². The summed E-state index contributed by atoms with van der Waals surface area (Å²) in [5, 5.41) is 0. The van der Waals surface area contributed by atoms with Crippen molar-refractivity contribution in [3.05, 3.63) is 0 Å². The highest BCUT2D eigenvalue weighted by Gasteiger charge is 2.41. The zero-order chi connectivity index (χ0) is 16.7. The molecule has 0 saturated heterocycles. The Morgan fingerprint density at radius 1 is 0.957 bits per heavy atom. The summed E-state index contributed by atoms with van der Waals surface area (Å²) in [5.74, 6) is 2.87. The maximum atomic E-state index is 12.4. The van der Waals surface area contributed by atoms with E-state index >= 15 is 0 Å². The molecular formula is C21H38O2. The SMILES string of the molecule is CCCCOC(=O)C1(C)CCC(C2CCC(CCC)CC2)CC1. The first kappa shape index (κ1) is 18.8. The van der Waals surface area contributed by atoms with Gasteiger partial charge in [-0.15, -0.1) is 0 Å². The summed E-state index contributed by atoms with van der Waals surface area (Å²) in [5.41, 5.74) is -0.205. The summed E-state index contributed by atoms with van der Waals surface area (Å²) in [6.45, 7) is 7.19. The summed E-state index contributed by atoms with van der Waals surface area (Å²) in [4.78, 5) is 12.4. The number of carbonyl (C=O) groups excluding carboxylic acids is 1. The van der Waals surface area contributed by atoms with E-state index in [0.717, 1.165) is 43.4 Å². The van der Waals surface area contributed by atoms with E-state index in [4.69, 9.17) is 4.74 Å². The van der Waals surface area contributed by atoms with Crippen LogP contribution in [-0.4, -0.2) is 12.6 Å². The van der Waals surface area contributed by atoms with Crippen LogP contribution in [0.4, 0.5) is 0 Å². The number of esters is 1. The van der Waals surface area contributed by atoms with Gasteiger partial charge in [-0.25, -0.2) is 0 Å². The van der Waals surface area contributed by atoms with Gasteiger partial charge in [-0.1, -0.05) is 46.0 Å². The van der Waals surface area contributed by atoms with Crippen molar-refractivity contribution < 1.29 is 9.53 Å². The van der Waals surface area contributed by atoms with Gasteiger partial charge in [0.05, 0.1) is 12.0 Å². The van der Waals surface area contributed by atoms with Crippen LogP contribution in [0.1, 0.15) is 97.8 Å². The smallest absolute Gasteiger partial charge is 0.311 e. The molecule has 0 aliphatic heterocycles. The molecule has 0 aromatic heterocycles. The van der Waals surface area contributed by atoms with Gasteiger partial charge in [-0.3, -0.25) is 4.79 Å². The summed E-state index contributed by atoms with van der Waals surface area (Å²) >= 11 is 0. The number of carbonyl (C=O) groups is 1. The van der Waals surface area contributed by atoms with Gasteiger partial charge in [-0.05, 0) is 69.6 Å². The second kappa shape index (κ2) is 9.08. The van der Waals surface area contributed by atoms with Crippen molar-refractivity contribution in [1.29, 1.82) is 0 Å². The lowest BCUT2D eigenvalue weighted by Gasteiger charge is -2.40. The van der Waals surface area contributed by atoms with E-state index in [1.165, 1.54) is 51.4 Å². The first-order valence-corrected chi connectivity index (χ1v) is 10.3. The molecule has 2 heteroatoms. The fraction of sp³-hybridized carbons (Fsp3) is 0.952. The van der Waals surface area contributed by atoms with E-state index in [-0.39, 0.29) is 11.4 Å². The summed E-state index contributed by atoms with van der Waals surface area (Å²) in [6.07, 6.45) is 15.2. The van der Waals surface area contributed by atoms with Crippen LogP contribution in [0.2, 0.25) is 0 Å². The number of rotatable bonds is 7. The van der Waals surface area contributed by atoms with Crippen molar-refractivity contribution in [2.45, 2.75) is 97.8 Å². The average molecular weight is 323 g/mol. The van der Waals surface area contributed by atoms with E-state index in [1.54, 1.807) is 0 Å². The average Bonchev–Trinajstić information content (AvgIpc) is 2.57. The molecule has 0 aromatic carbocycles. The van der Waals surface area contributed by atoms with Crippen molar-refractivity contribution >= 4 is 5.97 Å². The van der Waals surface area contributed by atoms with Gasteiger partial charge < -0.3 is 4.74 Å². The summed E-state index contributed by atoms with van der Waals surface area (Å²) in [7, 11) is 0. The molecule has 2 aliphatic rings. The molecule has 0 aromatic rings. The molecular weight excluding hydrogens is 284 g/mol. The van der Waals surface area contributed by atoms with Crippen LogP contribution in [0.15, 0.2) is 0 Å². The van der Waals surface area contributed by atoms with E-state index in [2.05, 4.69) is 20.8 Å². The first-order chi connectivity index (χ1) is 11.1. The molecule has 2 nitrogen and oxygen atoms in total. The third-order valence-corrected chi connectivity index (χ3v) is 6.61. The van der Waals surface area contributed by atoms with Crippen molar-refractivity contribution in [1.82, 2.24) is 0 Å². The van der Waals surface area contributed by atoms with Crippen molar-refractivity contribution in [3.8, 4) is 0 Å². The summed E-state index contributed by atoms with van der Waals surface area (Å²) < 4.78 is 5.51. The first-order valence-electron chi connectivity index (χ1n) is 10.3.